The van der Waals surface area contributed by atoms with Crippen LogP contribution >= 0.6 is 0 Å². The molecule has 0 bridgehead atoms. The van der Waals surface area contributed by atoms with Crippen molar-refractivity contribution < 1.29 is 9.47 Å². The summed E-state index contributed by atoms with van der Waals surface area (Å²) in [4.78, 5) is 2.59. The van der Waals surface area contributed by atoms with E-state index < -0.39 is 0 Å². The first kappa shape index (κ1) is 14.3. The third-order valence-electron chi connectivity index (χ3n) is 4.03. The molecule has 2 aliphatic rings. The first-order chi connectivity index (χ1) is 8.74. The molecule has 0 amide bonds. The van der Waals surface area contributed by atoms with Crippen LogP contribution in [0.15, 0.2) is 0 Å². The van der Waals surface area contributed by atoms with E-state index in [1.807, 2.05) is 0 Å². The van der Waals surface area contributed by atoms with E-state index in [-0.39, 0.29) is 0 Å². The van der Waals surface area contributed by atoms with E-state index in [2.05, 4.69) is 24.1 Å². The van der Waals surface area contributed by atoms with Crippen LogP contribution in [0, 0.1) is 0 Å². The van der Waals surface area contributed by atoms with Gasteiger partial charge in [0.2, 0.25) is 0 Å². The topological polar surface area (TPSA) is 33.7 Å². The van der Waals surface area contributed by atoms with Gasteiger partial charge in [-0.3, -0.25) is 4.90 Å². The second-order valence-corrected chi connectivity index (χ2v) is 5.69. The zero-order valence-corrected chi connectivity index (χ0v) is 12.0. The van der Waals surface area contributed by atoms with E-state index in [0.29, 0.717) is 18.2 Å². The molecule has 3 unspecified atom stereocenters. The van der Waals surface area contributed by atoms with E-state index in [9.17, 15) is 0 Å². The molecule has 18 heavy (non-hydrogen) atoms. The van der Waals surface area contributed by atoms with Crippen LogP contribution in [0.2, 0.25) is 0 Å². The standard InChI is InChI=1S/C14H28N2O2/c1-4-13-10-18-11(2)8-16(13)14(9-17-3)7-15-12-5-6-12/h11-15H,4-10H2,1-3H3. The molecule has 4 heteroatoms. The number of nitrogens with one attached hydrogen (secondary N) is 1. The summed E-state index contributed by atoms with van der Waals surface area (Å²) in [7, 11) is 1.80. The summed E-state index contributed by atoms with van der Waals surface area (Å²) >= 11 is 0. The Morgan fingerprint density at radius 1 is 1.44 bits per heavy atom. The molecule has 0 aromatic rings. The summed E-state index contributed by atoms with van der Waals surface area (Å²) in [5, 5.41) is 3.64. The van der Waals surface area contributed by atoms with Gasteiger partial charge in [-0.2, -0.15) is 0 Å². The Morgan fingerprint density at radius 3 is 2.83 bits per heavy atom. The fourth-order valence-electron chi connectivity index (χ4n) is 2.72. The molecule has 2 fully saturated rings. The lowest BCUT2D eigenvalue weighted by Crippen LogP contribution is -2.57. The molecule has 1 aliphatic carbocycles. The summed E-state index contributed by atoms with van der Waals surface area (Å²) in [5.74, 6) is 0. The first-order valence-corrected chi connectivity index (χ1v) is 7.34. The molecular formula is C14H28N2O2. The maximum atomic E-state index is 5.77. The molecule has 0 aromatic carbocycles. The second-order valence-electron chi connectivity index (χ2n) is 5.69. The fourth-order valence-corrected chi connectivity index (χ4v) is 2.72. The SMILES string of the molecule is CCC1COC(C)CN1C(CNC1CC1)COC. The van der Waals surface area contributed by atoms with Gasteiger partial charge in [0.25, 0.3) is 0 Å². The second kappa shape index (κ2) is 6.85. The van der Waals surface area contributed by atoms with Crippen LogP contribution in [-0.2, 0) is 9.47 Å². The predicted molar refractivity (Wildman–Crippen MR) is 72.9 cm³/mol. The Kier molecular flexibility index (Phi) is 5.42. The highest BCUT2D eigenvalue weighted by Gasteiger charge is 2.32. The Hall–Kier alpha value is -0.160. The van der Waals surface area contributed by atoms with Crippen LogP contribution in [0.5, 0.6) is 0 Å². The number of methoxy groups -OCH3 is 1. The third-order valence-corrected chi connectivity index (χ3v) is 4.03. The predicted octanol–water partition coefficient (Wildman–Crippen LogP) is 1.25. The molecule has 4 nitrogen and oxygen atoms in total. The van der Waals surface area contributed by atoms with Crippen LogP contribution < -0.4 is 5.32 Å². The Bertz CT molecular complexity index is 246. The van der Waals surface area contributed by atoms with Gasteiger partial charge >= 0.3 is 0 Å². The monoisotopic (exact) mass is 256 g/mol. The lowest BCUT2D eigenvalue weighted by atomic mass is 10.1. The lowest BCUT2D eigenvalue weighted by molar-refractivity contribution is -0.0816. The van der Waals surface area contributed by atoms with Crippen LogP contribution in [0.4, 0.5) is 0 Å². The Balaban J connectivity index is 1.91. The minimum absolute atomic E-state index is 0.341. The smallest absolute Gasteiger partial charge is 0.0674 e. The Labute approximate surface area is 111 Å². The summed E-state index contributed by atoms with van der Waals surface area (Å²) in [6.07, 6.45) is 4.18. The minimum Gasteiger partial charge on any atom is -0.383 e. The molecular weight excluding hydrogens is 228 g/mol. The first-order valence-electron chi connectivity index (χ1n) is 7.34. The third kappa shape index (κ3) is 3.92. The number of morpholine rings is 1. The zero-order valence-electron chi connectivity index (χ0n) is 12.0. The van der Waals surface area contributed by atoms with E-state index in [0.717, 1.165) is 38.8 Å². The molecule has 0 aromatic heterocycles. The van der Waals surface area contributed by atoms with Crippen molar-refractivity contribution in [3.63, 3.8) is 0 Å². The summed E-state index contributed by atoms with van der Waals surface area (Å²) < 4.78 is 11.2. The molecule has 1 aliphatic heterocycles. The molecule has 0 spiro atoms. The Morgan fingerprint density at radius 2 is 2.22 bits per heavy atom. The van der Waals surface area contributed by atoms with E-state index in [1.54, 1.807) is 7.11 Å². The van der Waals surface area contributed by atoms with Crippen LogP contribution in [0.1, 0.15) is 33.1 Å². The maximum Gasteiger partial charge on any atom is 0.0674 e. The highest BCUT2D eigenvalue weighted by Crippen LogP contribution is 2.21. The van der Waals surface area contributed by atoms with Gasteiger partial charge in [-0.15, -0.1) is 0 Å². The summed E-state index contributed by atoms with van der Waals surface area (Å²) in [5.41, 5.74) is 0. The van der Waals surface area contributed by atoms with Crippen molar-refractivity contribution in [1.29, 1.82) is 0 Å². The van der Waals surface area contributed by atoms with Gasteiger partial charge in [-0.25, -0.2) is 0 Å². The van der Waals surface area contributed by atoms with Gasteiger partial charge in [0, 0.05) is 38.3 Å². The highest BCUT2D eigenvalue weighted by molar-refractivity contribution is 4.88. The number of hydrogen-bond donors (Lipinski definition) is 1. The van der Waals surface area contributed by atoms with Crippen molar-refractivity contribution in [3.8, 4) is 0 Å². The van der Waals surface area contributed by atoms with Crippen molar-refractivity contribution in [2.45, 2.75) is 57.3 Å². The molecule has 2 rings (SSSR count). The molecule has 106 valence electrons. The van der Waals surface area contributed by atoms with Crippen molar-refractivity contribution in [2.75, 3.05) is 33.4 Å². The zero-order chi connectivity index (χ0) is 13.0. The molecule has 1 N–H and O–H groups in total. The number of rotatable bonds is 7. The van der Waals surface area contributed by atoms with Crippen LogP contribution in [0.25, 0.3) is 0 Å². The van der Waals surface area contributed by atoms with Crippen LogP contribution in [-0.4, -0.2) is 62.5 Å². The minimum atomic E-state index is 0.341. The average molecular weight is 256 g/mol. The number of nitrogens with zero attached hydrogens (tertiary/aromatic N) is 1. The van der Waals surface area contributed by atoms with Gasteiger partial charge in [0.05, 0.1) is 19.3 Å². The molecule has 3 atom stereocenters. The number of ether oxygens (including phenoxy) is 2. The molecule has 1 saturated carbocycles. The largest absolute Gasteiger partial charge is 0.383 e. The van der Waals surface area contributed by atoms with E-state index >= 15 is 0 Å². The van der Waals surface area contributed by atoms with E-state index in [1.165, 1.54) is 12.8 Å². The lowest BCUT2D eigenvalue weighted by Gasteiger charge is -2.43. The fraction of sp³-hybridized carbons (Fsp3) is 1.00. The summed E-state index contributed by atoms with van der Waals surface area (Å²) in [6, 6.07) is 1.79. The van der Waals surface area contributed by atoms with Crippen molar-refractivity contribution >= 4 is 0 Å². The van der Waals surface area contributed by atoms with Crippen molar-refractivity contribution in [2.24, 2.45) is 0 Å². The quantitative estimate of drug-likeness (QED) is 0.743. The van der Waals surface area contributed by atoms with Gasteiger partial charge < -0.3 is 14.8 Å². The van der Waals surface area contributed by atoms with Gasteiger partial charge in [-0.05, 0) is 26.2 Å². The number of hydrogen-bond acceptors (Lipinski definition) is 4. The highest BCUT2D eigenvalue weighted by atomic mass is 16.5. The van der Waals surface area contributed by atoms with Gasteiger partial charge in [0.15, 0.2) is 0 Å². The summed E-state index contributed by atoms with van der Waals surface area (Å²) in [6.45, 7) is 8.15. The molecule has 1 heterocycles. The maximum absolute atomic E-state index is 5.77. The normalized spacial score (nSPS) is 31.5. The van der Waals surface area contributed by atoms with Crippen molar-refractivity contribution in [1.82, 2.24) is 10.2 Å². The molecule has 0 radical (unpaired) electrons. The van der Waals surface area contributed by atoms with Gasteiger partial charge in [-0.1, -0.05) is 6.92 Å². The van der Waals surface area contributed by atoms with Crippen molar-refractivity contribution in [3.05, 3.63) is 0 Å². The van der Waals surface area contributed by atoms with Crippen LogP contribution in [0.3, 0.4) is 0 Å². The molecule has 1 saturated heterocycles. The van der Waals surface area contributed by atoms with Gasteiger partial charge in [0.1, 0.15) is 0 Å². The average Bonchev–Trinajstić information content (AvgIpc) is 3.18. The van der Waals surface area contributed by atoms with E-state index in [4.69, 9.17) is 9.47 Å².